The normalized spacial score (nSPS) is 11.9. The third-order valence-electron chi connectivity index (χ3n) is 2.24. The van der Waals surface area contributed by atoms with Gasteiger partial charge in [0.2, 0.25) is 0 Å². The Balaban J connectivity index is 2.86. The first-order chi connectivity index (χ1) is 8.08. The maximum Gasteiger partial charge on any atom is 0.341 e. The fraction of sp³-hybridized carbons (Fsp3) is 0.417. The second kappa shape index (κ2) is 6.10. The van der Waals surface area contributed by atoms with E-state index in [4.69, 9.17) is 15.6 Å². The predicted octanol–water partition coefficient (Wildman–Crippen LogP) is 1.06. The number of ether oxygens (including phenoxy) is 2. The Hall–Kier alpha value is -1.75. The van der Waals surface area contributed by atoms with Gasteiger partial charge in [-0.25, -0.2) is 4.79 Å². The Kier molecular flexibility index (Phi) is 4.78. The summed E-state index contributed by atoms with van der Waals surface area (Å²) in [4.78, 5) is 11.5. The number of methoxy groups -OCH3 is 1. The Morgan fingerprint density at radius 3 is 2.82 bits per heavy atom. The van der Waals surface area contributed by atoms with Crippen LogP contribution in [0.1, 0.15) is 17.3 Å². The molecule has 0 bridgehead atoms. The van der Waals surface area contributed by atoms with Gasteiger partial charge in [-0.2, -0.15) is 0 Å². The van der Waals surface area contributed by atoms with Crippen molar-refractivity contribution in [2.75, 3.05) is 26.1 Å². The number of hydrogen-bond acceptors (Lipinski definition) is 5. The lowest BCUT2D eigenvalue weighted by atomic mass is 10.1. The molecule has 0 fully saturated rings. The molecule has 5 heteroatoms. The van der Waals surface area contributed by atoms with E-state index >= 15 is 0 Å². The Bertz CT molecular complexity index is 392. The van der Waals surface area contributed by atoms with Gasteiger partial charge < -0.3 is 20.3 Å². The summed E-state index contributed by atoms with van der Waals surface area (Å²) in [5.41, 5.74) is 6.35. The van der Waals surface area contributed by atoms with Crippen LogP contribution in [-0.4, -0.2) is 31.4 Å². The lowest BCUT2D eigenvalue weighted by Crippen LogP contribution is -2.14. The molecule has 0 aliphatic heterocycles. The van der Waals surface area contributed by atoms with Crippen LogP contribution in [0.2, 0.25) is 0 Å². The van der Waals surface area contributed by atoms with Crippen molar-refractivity contribution >= 4 is 11.7 Å². The quantitative estimate of drug-likeness (QED) is 0.593. The van der Waals surface area contributed by atoms with Crippen LogP contribution in [0.15, 0.2) is 18.2 Å². The van der Waals surface area contributed by atoms with E-state index in [1.807, 2.05) is 6.92 Å². The molecule has 1 atom stereocenters. The maximum atomic E-state index is 11.5. The van der Waals surface area contributed by atoms with Gasteiger partial charge in [-0.3, -0.25) is 0 Å². The molecule has 0 saturated carbocycles. The van der Waals surface area contributed by atoms with Crippen molar-refractivity contribution in [1.82, 2.24) is 0 Å². The molecular weight excluding hydrogens is 222 g/mol. The van der Waals surface area contributed by atoms with E-state index < -0.39 is 5.97 Å². The molecule has 1 unspecified atom stereocenters. The molecule has 1 aromatic carbocycles. The topological polar surface area (TPSA) is 81.8 Å². The number of anilines is 1. The van der Waals surface area contributed by atoms with Crippen LogP contribution >= 0.6 is 0 Å². The van der Waals surface area contributed by atoms with Crippen molar-refractivity contribution in [3.63, 3.8) is 0 Å². The summed E-state index contributed by atoms with van der Waals surface area (Å²) in [7, 11) is 1.30. The number of esters is 1. The molecule has 0 amide bonds. The Morgan fingerprint density at radius 2 is 2.24 bits per heavy atom. The second-order valence-electron chi connectivity index (χ2n) is 3.85. The van der Waals surface area contributed by atoms with E-state index in [0.717, 1.165) is 0 Å². The van der Waals surface area contributed by atoms with Gasteiger partial charge in [0.15, 0.2) is 0 Å². The standard InChI is InChI=1S/C12H17NO4/c1-8(6-14)7-17-11-4-3-9(13)5-10(11)12(15)16-2/h3-5,8,14H,6-7,13H2,1-2H3. The van der Waals surface area contributed by atoms with Gasteiger partial charge in [0, 0.05) is 18.2 Å². The highest BCUT2D eigenvalue weighted by molar-refractivity contribution is 5.93. The highest BCUT2D eigenvalue weighted by atomic mass is 16.5. The van der Waals surface area contributed by atoms with Crippen LogP contribution in [0.5, 0.6) is 5.75 Å². The van der Waals surface area contributed by atoms with E-state index in [1.165, 1.54) is 13.2 Å². The number of aliphatic hydroxyl groups is 1. The van der Waals surface area contributed by atoms with Crippen molar-refractivity contribution in [1.29, 1.82) is 0 Å². The average Bonchev–Trinajstić information content (AvgIpc) is 2.35. The van der Waals surface area contributed by atoms with Crippen molar-refractivity contribution in [2.45, 2.75) is 6.92 Å². The van der Waals surface area contributed by atoms with Gasteiger partial charge in [0.25, 0.3) is 0 Å². The highest BCUT2D eigenvalue weighted by Crippen LogP contribution is 2.22. The number of benzene rings is 1. The molecule has 0 aromatic heterocycles. The third-order valence-corrected chi connectivity index (χ3v) is 2.24. The highest BCUT2D eigenvalue weighted by Gasteiger charge is 2.14. The average molecular weight is 239 g/mol. The molecule has 3 N–H and O–H groups in total. The van der Waals surface area contributed by atoms with Crippen LogP contribution in [0.4, 0.5) is 5.69 Å². The zero-order valence-electron chi connectivity index (χ0n) is 9.97. The summed E-state index contributed by atoms with van der Waals surface area (Å²) in [6, 6.07) is 4.77. The SMILES string of the molecule is COC(=O)c1cc(N)ccc1OCC(C)CO. The summed E-state index contributed by atoms with van der Waals surface area (Å²) >= 11 is 0. The number of carbonyl (C=O) groups is 1. The monoisotopic (exact) mass is 239 g/mol. The molecule has 0 aliphatic carbocycles. The first-order valence-electron chi connectivity index (χ1n) is 5.30. The van der Waals surface area contributed by atoms with Crippen LogP contribution in [0.3, 0.4) is 0 Å². The van der Waals surface area contributed by atoms with E-state index in [2.05, 4.69) is 4.74 Å². The first-order valence-corrected chi connectivity index (χ1v) is 5.30. The molecule has 0 saturated heterocycles. The number of aliphatic hydroxyl groups excluding tert-OH is 1. The van der Waals surface area contributed by atoms with Gasteiger partial charge in [0.1, 0.15) is 11.3 Å². The molecule has 17 heavy (non-hydrogen) atoms. The predicted molar refractivity (Wildman–Crippen MR) is 63.9 cm³/mol. The second-order valence-corrected chi connectivity index (χ2v) is 3.85. The number of carbonyl (C=O) groups excluding carboxylic acids is 1. The third kappa shape index (κ3) is 3.64. The zero-order chi connectivity index (χ0) is 12.8. The number of nitrogens with two attached hydrogens (primary N) is 1. The summed E-state index contributed by atoms with van der Waals surface area (Å²) in [5, 5.41) is 8.89. The Morgan fingerprint density at radius 1 is 1.53 bits per heavy atom. The van der Waals surface area contributed by atoms with E-state index in [1.54, 1.807) is 12.1 Å². The van der Waals surface area contributed by atoms with Crippen LogP contribution in [-0.2, 0) is 4.74 Å². The minimum Gasteiger partial charge on any atom is -0.492 e. The summed E-state index contributed by atoms with van der Waals surface area (Å²) in [6.07, 6.45) is 0. The van der Waals surface area contributed by atoms with Gasteiger partial charge >= 0.3 is 5.97 Å². The maximum absolute atomic E-state index is 11.5. The molecule has 0 aliphatic rings. The van der Waals surface area contributed by atoms with E-state index in [9.17, 15) is 4.79 Å². The number of hydrogen-bond donors (Lipinski definition) is 2. The van der Waals surface area contributed by atoms with Crippen molar-refractivity contribution in [3.05, 3.63) is 23.8 Å². The molecule has 1 aromatic rings. The van der Waals surface area contributed by atoms with Gasteiger partial charge in [-0.1, -0.05) is 6.92 Å². The van der Waals surface area contributed by atoms with Gasteiger partial charge in [0.05, 0.1) is 13.7 Å². The lowest BCUT2D eigenvalue weighted by Gasteiger charge is -2.13. The minimum absolute atomic E-state index is 0.00181. The molecule has 1 rings (SSSR count). The van der Waals surface area contributed by atoms with Crippen LogP contribution in [0, 0.1) is 5.92 Å². The minimum atomic E-state index is -0.496. The summed E-state index contributed by atoms with van der Waals surface area (Å²) in [5.74, 6) is -0.0895. The lowest BCUT2D eigenvalue weighted by molar-refractivity contribution is 0.0594. The van der Waals surface area contributed by atoms with Crippen LogP contribution < -0.4 is 10.5 Å². The first kappa shape index (κ1) is 13.3. The van der Waals surface area contributed by atoms with Gasteiger partial charge in [-0.05, 0) is 18.2 Å². The number of rotatable bonds is 5. The molecule has 5 nitrogen and oxygen atoms in total. The van der Waals surface area contributed by atoms with Gasteiger partial charge in [-0.15, -0.1) is 0 Å². The largest absolute Gasteiger partial charge is 0.492 e. The molecular formula is C12H17NO4. The zero-order valence-corrected chi connectivity index (χ0v) is 9.97. The molecule has 94 valence electrons. The van der Waals surface area contributed by atoms with Crippen molar-refractivity contribution < 1.29 is 19.4 Å². The number of nitrogen functional groups attached to an aromatic ring is 1. The van der Waals surface area contributed by atoms with Crippen LogP contribution in [0.25, 0.3) is 0 Å². The van der Waals surface area contributed by atoms with E-state index in [0.29, 0.717) is 18.0 Å². The molecule has 0 radical (unpaired) electrons. The Labute approximate surface area is 100 Å². The summed E-state index contributed by atoms with van der Waals surface area (Å²) in [6.45, 7) is 2.20. The summed E-state index contributed by atoms with van der Waals surface area (Å²) < 4.78 is 10.1. The fourth-order valence-electron chi connectivity index (χ4n) is 1.23. The van der Waals surface area contributed by atoms with Crippen molar-refractivity contribution in [2.24, 2.45) is 5.92 Å². The van der Waals surface area contributed by atoms with E-state index in [-0.39, 0.29) is 18.1 Å². The fourth-order valence-corrected chi connectivity index (χ4v) is 1.23. The molecule has 0 spiro atoms. The molecule has 0 heterocycles. The van der Waals surface area contributed by atoms with Crippen molar-refractivity contribution in [3.8, 4) is 5.75 Å². The smallest absolute Gasteiger partial charge is 0.341 e.